The molecule has 0 amide bonds. The van der Waals surface area contributed by atoms with Crippen molar-refractivity contribution in [2.24, 2.45) is 5.73 Å². The molecule has 0 bridgehead atoms. The number of fused-ring (bicyclic) bond motifs is 1. The highest BCUT2D eigenvalue weighted by atomic mass is 15.1. The molecule has 4 rings (SSSR count). The van der Waals surface area contributed by atoms with Crippen molar-refractivity contribution in [3.8, 4) is 11.4 Å². The monoisotopic (exact) mass is 265 g/mol. The first-order chi connectivity index (χ1) is 9.86. The number of nitrogens with zero attached hydrogens (tertiary/aromatic N) is 4. The number of hydrogen-bond donors (Lipinski definition) is 1. The Balaban J connectivity index is 1.97. The van der Waals surface area contributed by atoms with Crippen molar-refractivity contribution in [2.45, 2.75) is 25.4 Å². The number of benzene rings is 1. The van der Waals surface area contributed by atoms with E-state index in [1.165, 1.54) is 18.4 Å². The Bertz CT molecular complexity index is 759. The van der Waals surface area contributed by atoms with Gasteiger partial charge in [-0.2, -0.15) is 10.2 Å². The zero-order valence-corrected chi connectivity index (χ0v) is 11.0. The Hall–Kier alpha value is -2.27. The van der Waals surface area contributed by atoms with Gasteiger partial charge in [-0.15, -0.1) is 0 Å². The molecule has 1 aliphatic carbocycles. The highest BCUT2D eigenvalue weighted by Crippen LogP contribution is 2.41. The molecule has 1 saturated carbocycles. The third kappa shape index (κ3) is 1.78. The minimum atomic E-state index is 0.540. The van der Waals surface area contributed by atoms with E-state index in [0.717, 1.165) is 22.5 Å². The highest BCUT2D eigenvalue weighted by Gasteiger charge is 2.28. The van der Waals surface area contributed by atoms with Crippen molar-refractivity contribution < 1.29 is 0 Å². The van der Waals surface area contributed by atoms with Crippen LogP contribution >= 0.6 is 0 Å². The van der Waals surface area contributed by atoms with Gasteiger partial charge in [0.2, 0.25) is 0 Å². The van der Waals surface area contributed by atoms with Gasteiger partial charge in [0.15, 0.2) is 0 Å². The maximum absolute atomic E-state index is 5.72. The van der Waals surface area contributed by atoms with Crippen LogP contribution in [0.2, 0.25) is 0 Å². The molecule has 0 radical (unpaired) electrons. The molecule has 1 aliphatic rings. The normalized spacial score (nSPS) is 14.8. The van der Waals surface area contributed by atoms with Crippen LogP contribution in [0.3, 0.4) is 0 Å². The largest absolute Gasteiger partial charge is 0.326 e. The molecule has 0 atom stereocenters. The van der Waals surface area contributed by atoms with Crippen LogP contribution in [-0.4, -0.2) is 19.7 Å². The van der Waals surface area contributed by atoms with Gasteiger partial charge >= 0.3 is 0 Å². The quantitative estimate of drug-likeness (QED) is 0.788. The maximum atomic E-state index is 5.72. The number of nitrogens with two attached hydrogens (primary N) is 1. The van der Waals surface area contributed by atoms with E-state index in [1.807, 2.05) is 6.07 Å². The van der Waals surface area contributed by atoms with E-state index < -0.39 is 0 Å². The van der Waals surface area contributed by atoms with E-state index in [0.29, 0.717) is 12.6 Å². The molecule has 2 aromatic heterocycles. The third-order valence-corrected chi connectivity index (χ3v) is 3.74. The minimum Gasteiger partial charge on any atom is -0.326 e. The van der Waals surface area contributed by atoms with Crippen molar-refractivity contribution in [2.75, 3.05) is 0 Å². The molecule has 0 saturated heterocycles. The summed E-state index contributed by atoms with van der Waals surface area (Å²) in [5.74, 6) is 0.978. The van der Waals surface area contributed by atoms with E-state index in [2.05, 4.69) is 33.0 Å². The molecule has 2 N–H and O–H groups in total. The molecular formula is C15H15N5. The number of rotatable bonds is 3. The van der Waals surface area contributed by atoms with Gasteiger partial charge in [0.1, 0.15) is 5.82 Å². The van der Waals surface area contributed by atoms with Crippen molar-refractivity contribution in [3.63, 3.8) is 0 Å². The zero-order chi connectivity index (χ0) is 13.5. The van der Waals surface area contributed by atoms with Crippen LogP contribution in [-0.2, 0) is 6.54 Å². The van der Waals surface area contributed by atoms with Crippen LogP contribution in [0, 0.1) is 0 Å². The Morgan fingerprint density at radius 2 is 2.10 bits per heavy atom. The first-order valence-electron chi connectivity index (χ1n) is 6.85. The van der Waals surface area contributed by atoms with E-state index in [-0.39, 0.29) is 0 Å². The van der Waals surface area contributed by atoms with Gasteiger partial charge in [0.25, 0.3) is 0 Å². The van der Waals surface area contributed by atoms with Crippen LogP contribution in [0.1, 0.15) is 24.4 Å². The zero-order valence-electron chi connectivity index (χ0n) is 11.0. The molecule has 1 fully saturated rings. The topological polar surface area (TPSA) is 69.6 Å². The fourth-order valence-corrected chi connectivity index (χ4v) is 2.60. The van der Waals surface area contributed by atoms with Crippen LogP contribution in [0.5, 0.6) is 0 Å². The second-order valence-corrected chi connectivity index (χ2v) is 5.19. The van der Waals surface area contributed by atoms with Crippen molar-refractivity contribution in [1.29, 1.82) is 0 Å². The Morgan fingerprint density at radius 1 is 1.20 bits per heavy atom. The predicted octanol–water partition coefficient (Wildman–Crippen LogP) is 2.29. The van der Waals surface area contributed by atoms with Crippen molar-refractivity contribution >= 4 is 11.0 Å². The predicted molar refractivity (Wildman–Crippen MR) is 76.9 cm³/mol. The Morgan fingerprint density at radius 3 is 2.80 bits per heavy atom. The molecule has 0 unspecified atom stereocenters. The Labute approximate surface area is 116 Å². The lowest BCUT2D eigenvalue weighted by molar-refractivity contribution is 0.774. The summed E-state index contributed by atoms with van der Waals surface area (Å²) in [4.78, 5) is 4.79. The van der Waals surface area contributed by atoms with Crippen LogP contribution in [0.15, 0.2) is 36.7 Å². The maximum Gasteiger partial charge on any atom is 0.143 e. The first kappa shape index (κ1) is 11.5. The lowest BCUT2D eigenvalue weighted by atomic mass is 10.2. The second kappa shape index (κ2) is 4.38. The summed E-state index contributed by atoms with van der Waals surface area (Å²) >= 11 is 0. The van der Waals surface area contributed by atoms with Crippen molar-refractivity contribution in [3.05, 3.63) is 42.2 Å². The SMILES string of the molecule is NCc1ccc2c(c1)nc(-c1ccnnc1)n2C1CC1. The van der Waals surface area contributed by atoms with E-state index in [1.54, 1.807) is 12.4 Å². The minimum absolute atomic E-state index is 0.540. The lowest BCUT2D eigenvalue weighted by Gasteiger charge is -2.07. The standard InChI is InChI=1S/C15H15N5/c16-8-10-1-4-14-13(7-10)19-15(20(14)12-2-3-12)11-5-6-17-18-9-11/h1,4-7,9,12H,2-3,8,16H2. The number of aromatic nitrogens is 4. The van der Waals surface area contributed by atoms with Gasteiger partial charge in [-0.3, -0.25) is 0 Å². The average Bonchev–Trinajstić information content (AvgIpc) is 3.27. The molecular weight excluding hydrogens is 250 g/mol. The number of imidazole rings is 1. The molecule has 100 valence electrons. The first-order valence-corrected chi connectivity index (χ1v) is 6.85. The summed E-state index contributed by atoms with van der Waals surface area (Å²) in [6.07, 6.45) is 5.91. The lowest BCUT2D eigenvalue weighted by Crippen LogP contribution is -1.98. The molecule has 0 spiro atoms. The summed E-state index contributed by atoms with van der Waals surface area (Å²) in [5.41, 5.74) is 10.0. The molecule has 20 heavy (non-hydrogen) atoms. The van der Waals surface area contributed by atoms with E-state index in [9.17, 15) is 0 Å². The summed E-state index contributed by atoms with van der Waals surface area (Å²) in [6, 6.07) is 8.80. The van der Waals surface area contributed by atoms with Gasteiger partial charge in [-0.25, -0.2) is 4.98 Å². The van der Waals surface area contributed by atoms with Gasteiger partial charge in [-0.05, 0) is 36.6 Å². The van der Waals surface area contributed by atoms with Crippen LogP contribution in [0.4, 0.5) is 0 Å². The van der Waals surface area contributed by atoms with Crippen LogP contribution in [0.25, 0.3) is 22.4 Å². The van der Waals surface area contributed by atoms with Crippen LogP contribution < -0.4 is 5.73 Å². The summed E-state index contributed by atoms with van der Waals surface area (Å²) < 4.78 is 2.33. The highest BCUT2D eigenvalue weighted by molar-refractivity contribution is 5.81. The third-order valence-electron chi connectivity index (χ3n) is 3.74. The molecule has 5 nitrogen and oxygen atoms in total. The fraction of sp³-hybridized carbons (Fsp3) is 0.267. The summed E-state index contributed by atoms with van der Waals surface area (Å²) in [5, 5.41) is 7.80. The van der Waals surface area contributed by atoms with Gasteiger partial charge in [0, 0.05) is 18.2 Å². The van der Waals surface area contributed by atoms with Gasteiger partial charge < -0.3 is 10.3 Å². The average molecular weight is 265 g/mol. The van der Waals surface area contributed by atoms with Crippen molar-refractivity contribution in [1.82, 2.24) is 19.7 Å². The Kier molecular flexibility index (Phi) is 2.53. The second-order valence-electron chi connectivity index (χ2n) is 5.19. The molecule has 3 aromatic rings. The number of hydrogen-bond acceptors (Lipinski definition) is 4. The molecule has 2 heterocycles. The van der Waals surface area contributed by atoms with Gasteiger partial charge in [-0.1, -0.05) is 6.07 Å². The summed E-state index contributed by atoms with van der Waals surface area (Å²) in [7, 11) is 0. The fourth-order valence-electron chi connectivity index (χ4n) is 2.60. The van der Waals surface area contributed by atoms with E-state index in [4.69, 9.17) is 10.7 Å². The molecule has 1 aromatic carbocycles. The summed E-state index contributed by atoms with van der Waals surface area (Å²) in [6.45, 7) is 0.540. The molecule has 5 heteroatoms. The smallest absolute Gasteiger partial charge is 0.143 e. The molecule has 0 aliphatic heterocycles. The van der Waals surface area contributed by atoms with E-state index >= 15 is 0 Å². The van der Waals surface area contributed by atoms with Gasteiger partial charge in [0.05, 0.1) is 23.4 Å².